The summed E-state index contributed by atoms with van der Waals surface area (Å²) in [7, 11) is 0. The van der Waals surface area contributed by atoms with Crippen LogP contribution in [-0.4, -0.2) is 38.4 Å². The number of nitrogens with one attached hydrogen (secondary N) is 1. The molecular formula is C16H30N4S. The van der Waals surface area contributed by atoms with Gasteiger partial charge in [-0.25, -0.2) is 9.67 Å². The van der Waals surface area contributed by atoms with Crippen molar-refractivity contribution < 1.29 is 0 Å². The maximum absolute atomic E-state index is 4.46. The van der Waals surface area contributed by atoms with E-state index in [0.29, 0.717) is 12.1 Å². The van der Waals surface area contributed by atoms with Gasteiger partial charge in [-0.15, -0.1) is 0 Å². The highest BCUT2D eigenvalue weighted by Crippen LogP contribution is 2.28. The van der Waals surface area contributed by atoms with E-state index in [1.54, 1.807) is 6.33 Å². The molecule has 0 radical (unpaired) electrons. The van der Waals surface area contributed by atoms with Gasteiger partial charge in [0.15, 0.2) is 0 Å². The Kier molecular flexibility index (Phi) is 7.04. The zero-order chi connectivity index (χ0) is 15.1. The van der Waals surface area contributed by atoms with Gasteiger partial charge in [0.05, 0.1) is 0 Å². The van der Waals surface area contributed by atoms with Crippen molar-refractivity contribution in [2.45, 2.75) is 76.6 Å². The Hall–Kier alpha value is -0.550. The lowest BCUT2D eigenvalue weighted by molar-refractivity contribution is 0.475. The topological polar surface area (TPSA) is 42.7 Å². The van der Waals surface area contributed by atoms with Gasteiger partial charge in [-0.2, -0.15) is 16.9 Å². The number of hydrogen-bond acceptors (Lipinski definition) is 4. The van der Waals surface area contributed by atoms with E-state index in [-0.39, 0.29) is 0 Å². The van der Waals surface area contributed by atoms with Crippen LogP contribution in [0.15, 0.2) is 6.33 Å². The van der Waals surface area contributed by atoms with E-state index >= 15 is 0 Å². The van der Waals surface area contributed by atoms with Crippen LogP contribution in [0, 0.1) is 0 Å². The molecule has 1 fully saturated rings. The zero-order valence-corrected chi connectivity index (χ0v) is 14.5. The van der Waals surface area contributed by atoms with Gasteiger partial charge in [0.25, 0.3) is 0 Å². The third-order valence-electron chi connectivity index (χ3n) is 4.14. The Morgan fingerprint density at radius 2 is 2.10 bits per heavy atom. The highest BCUT2D eigenvalue weighted by atomic mass is 32.2. The predicted octanol–water partition coefficient (Wildman–Crippen LogP) is 3.45. The van der Waals surface area contributed by atoms with Crippen LogP contribution in [0.4, 0.5) is 0 Å². The minimum absolute atomic E-state index is 0.385. The molecule has 5 heteroatoms. The summed E-state index contributed by atoms with van der Waals surface area (Å²) in [6.45, 7) is 7.53. The van der Waals surface area contributed by atoms with Gasteiger partial charge in [-0.05, 0) is 33.2 Å². The normalized spacial score (nSPS) is 18.3. The summed E-state index contributed by atoms with van der Waals surface area (Å²) in [5, 5.41) is 8.85. The molecule has 0 saturated heterocycles. The van der Waals surface area contributed by atoms with Crippen molar-refractivity contribution in [2.24, 2.45) is 0 Å². The maximum Gasteiger partial charge on any atom is 0.138 e. The van der Waals surface area contributed by atoms with E-state index < -0.39 is 0 Å². The van der Waals surface area contributed by atoms with Gasteiger partial charge in [0, 0.05) is 29.5 Å². The molecule has 0 bridgehead atoms. The highest BCUT2D eigenvalue weighted by molar-refractivity contribution is 7.99. The summed E-state index contributed by atoms with van der Waals surface area (Å²) in [5.74, 6) is 2.30. The van der Waals surface area contributed by atoms with E-state index in [1.807, 2.05) is 0 Å². The molecule has 0 spiro atoms. The smallest absolute Gasteiger partial charge is 0.138 e. The zero-order valence-electron chi connectivity index (χ0n) is 13.7. The minimum Gasteiger partial charge on any atom is -0.313 e. The Balaban J connectivity index is 1.87. The average Bonchev–Trinajstić information content (AvgIpc) is 2.94. The van der Waals surface area contributed by atoms with E-state index in [0.717, 1.165) is 24.0 Å². The number of nitrogens with zero attached hydrogens (tertiary/aromatic N) is 3. The van der Waals surface area contributed by atoms with Crippen LogP contribution in [0.3, 0.4) is 0 Å². The van der Waals surface area contributed by atoms with Crippen LogP contribution in [0.5, 0.6) is 0 Å². The molecule has 4 nitrogen and oxygen atoms in total. The molecule has 0 aliphatic heterocycles. The second-order valence-electron chi connectivity index (χ2n) is 6.27. The Morgan fingerprint density at radius 1 is 1.33 bits per heavy atom. The summed E-state index contributed by atoms with van der Waals surface area (Å²) >= 11 is 2.16. The molecule has 1 aromatic heterocycles. The van der Waals surface area contributed by atoms with E-state index in [4.69, 9.17) is 0 Å². The van der Waals surface area contributed by atoms with Crippen molar-refractivity contribution in [3.05, 3.63) is 12.2 Å². The predicted molar refractivity (Wildman–Crippen MR) is 90.9 cm³/mol. The second kappa shape index (κ2) is 8.79. The third-order valence-corrected chi connectivity index (χ3v) is 5.68. The minimum atomic E-state index is 0.385. The second-order valence-corrected chi connectivity index (χ2v) is 7.60. The first-order valence-corrected chi connectivity index (χ1v) is 9.49. The van der Waals surface area contributed by atoms with E-state index in [2.05, 4.69) is 52.6 Å². The molecule has 0 amide bonds. The SMILES string of the molecule is CCNC(CSC1CCCCC1)Cc1ncnn1C(C)C. The fourth-order valence-corrected chi connectivity index (χ4v) is 4.44. The van der Waals surface area contributed by atoms with E-state index in [9.17, 15) is 0 Å². The molecule has 1 unspecified atom stereocenters. The number of likely N-dealkylation sites (N-methyl/N-ethyl adjacent to an activating group) is 1. The van der Waals surface area contributed by atoms with Crippen LogP contribution in [-0.2, 0) is 6.42 Å². The van der Waals surface area contributed by atoms with Gasteiger partial charge in [-0.1, -0.05) is 26.2 Å². The number of thioether (sulfide) groups is 1. The Bertz CT molecular complexity index is 399. The van der Waals surface area contributed by atoms with E-state index in [1.165, 1.54) is 37.9 Å². The molecular weight excluding hydrogens is 280 g/mol. The molecule has 120 valence electrons. The lowest BCUT2D eigenvalue weighted by Gasteiger charge is -2.24. The quantitative estimate of drug-likeness (QED) is 0.798. The van der Waals surface area contributed by atoms with Crippen molar-refractivity contribution in [3.8, 4) is 0 Å². The lowest BCUT2D eigenvalue weighted by atomic mass is 10.0. The van der Waals surface area contributed by atoms with Crippen molar-refractivity contribution in [1.29, 1.82) is 0 Å². The van der Waals surface area contributed by atoms with Gasteiger partial charge in [0.2, 0.25) is 0 Å². The molecule has 1 saturated carbocycles. The lowest BCUT2D eigenvalue weighted by Crippen LogP contribution is -2.35. The molecule has 1 heterocycles. The highest BCUT2D eigenvalue weighted by Gasteiger charge is 2.18. The Labute approximate surface area is 133 Å². The summed E-state index contributed by atoms with van der Waals surface area (Å²) in [5.41, 5.74) is 0. The summed E-state index contributed by atoms with van der Waals surface area (Å²) in [6.07, 6.45) is 9.76. The number of aromatic nitrogens is 3. The first kappa shape index (κ1) is 16.8. The van der Waals surface area contributed by atoms with Crippen LogP contribution in [0.2, 0.25) is 0 Å². The summed E-state index contributed by atoms with van der Waals surface area (Å²) < 4.78 is 2.05. The van der Waals surface area contributed by atoms with Crippen molar-refractivity contribution >= 4 is 11.8 Å². The van der Waals surface area contributed by atoms with Gasteiger partial charge >= 0.3 is 0 Å². The fourth-order valence-electron chi connectivity index (χ4n) is 3.03. The number of rotatable bonds is 8. The molecule has 0 aromatic carbocycles. The maximum atomic E-state index is 4.46. The van der Waals surface area contributed by atoms with Gasteiger partial charge in [0.1, 0.15) is 12.2 Å². The molecule has 1 aromatic rings. The molecule has 21 heavy (non-hydrogen) atoms. The van der Waals surface area contributed by atoms with Gasteiger partial charge in [-0.3, -0.25) is 0 Å². The molecule has 2 rings (SSSR count). The standard InChI is InChI=1S/C16H30N4S/c1-4-17-14(11-21-15-8-6-5-7-9-15)10-16-18-12-19-20(16)13(2)3/h12-15,17H,4-11H2,1-3H3. The van der Waals surface area contributed by atoms with Crippen molar-refractivity contribution in [1.82, 2.24) is 20.1 Å². The van der Waals surface area contributed by atoms with Crippen molar-refractivity contribution in [3.63, 3.8) is 0 Å². The van der Waals surface area contributed by atoms with Gasteiger partial charge < -0.3 is 5.32 Å². The van der Waals surface area contributed by atoms with Crippen LogP contribution >= 0.6 is 11.8 Å². The van der Waals surface area contributed by atoms with Crippen LogP contribution in [0.1, 0.15) is 64.7 Å². The summed E-state index contributed by atoms with van der Waals surface area (Å²) in [6, 6.07) is 0.888. The van der Waals surface area contributed by atoms with Crippen LogP contribution in [0.25, 0.3) is 0 Å². The number of hydrogen-bond donors (Lipinski definition) is 1. The molecule has 1 atom stereocenters. The van der Waals surface area contributed by atoms with Crippen LogP contribution < -0.4 is 5.32 Å². The molecule has 1 aliphatic carbocycles. The largest absolute Gasteiger partial charge is 0.313 e. The Morgan fingerprint density at radius 3 is 2.76 bits per heavy atom. The van der Waals surface area contributed by atoms with Crippen molar-refractivity contribution in [2.75, 3.05) is 12.3 Å². The third kappa shape index (κ3) is 5.29. The first-order chi connectivity index (χ1) is 10.2. The first-order valence-electron chi connectivity index (χ1n) is 8.44. The molecule has 1 N–H and O–H groups in total. The monoisotopic (exact) mass is 310 g/mol. The summed E-state index contributed by atoms with van der Waals surface area (Å²) in [4.78, 5) is 4.46. The fraction of sp³-hybridized carbons (Fsp3) is 0.875. The molecule has 1 aliphatic rings. The average molecular weight is 311 g/mol.